The quantitative estimate of drug-likeness (QED) is 0.656. The molecule has 166 valence electrons. The first-order chi connectivity index (χ1) is 14.6. The molecule has 2 aromatic carbocycles. The smallest absolute Gasteiger partial charge is 0.325 e. The van der Waals surface area contributed by atoms with Crippen LogP contribution >= 0.6 is 0 Å². The van der Waals surface area contributed by atoms with Gasteiger partial charge in [-0.25, -0.2) is 13.2 Å². The summed E-state index contributed by atoms with van der Waals surface area (Å²) in [7, 11) is -0.313. The van der Waals surface area contributed by atoms with E-state index in [0.29, 0.717) is 23.5 Å². The molecule has 2 aromatic rings. The van der Waals surface area contributed by atoms with Gasteiger partial charge in [-0.05, 0) is 48.7 Å². The van der Waals surface area contributed by atoms with Crippen molar-refractivity contribution in [1.29, 1.82) is 0 Å². The number of ether oxygens (including phenoxy) is 2. The first kappa shape index (κ1) is 22.6. The van der Waals surface area contributed by atoms with Crippen LogP contribution in [0.2, 0.25) is 0 Å². The first-order valence-electron chi connectivity index (χ1n) is 9.75. The Kier molecular flexibility index (Phi) is 6.00. The van der Waals surface area contributed by atoms with Crippen molar-refractivity contribution < 1.29 is 27.5 Å². The van der Waals surface area contributed by atoms with Gasteiger partial charge < -0.3 is 14.8 Å². The lowest BCUT2D eigenvalue weighted by molar-refractivity contribution is -0.132. The van der Waals surface area contributed by atoms with Crippen LogP contribution in [0.15, 0.2) is 47.4 Å². The highest BCUT2D eigenvalue weighted by molar-refractivity contribution is 7.90. The van der Waals surface area contributed by atoms with Gasteiger partial charge in [-0.15, -0.1) is 0 Å². The summed E-state index contributed by atoms with van der Waals surface area (Å²) < 4.78 is 34.1. The van der Waals surface area contributed by atoms with E-state index in [4.69, 9.17) is 9.47 Å². The average molecular weight is 447 g/mol. The molecule has 0 aromatic heterocycles. The standard InChI is InChI=1S/C22H26N2O6S/c1-6-17(14-7-12-18(29-3)19(13-14)30-4)24-20(25)22(2,23-21(24)26)15-8-10-16(11-9-15)31(5,27)28/h7-13,17H,6H2,1-5H3,(H,23,26)/t17-,22+/m0/s1. The normalized spacial score (nSPS) is 19.8. The summed E-state index contributed by atoms with van der Waals surface area (Å²) >= 11 is 0. The van der Waals surface area contributed by atoms with Crippen LogP contribution in [0.3, 0.4) is 0 Å². The minimum atomic E-state index is -3.37. The molecular formula is C22H26N2O6S. The third-order valence-corrected chi connectivity index (χ3v) is 6.70. The zero-order valence-corrected chi connectivity index (χ0v) is 18.9. The van der Waals surface area contributed by atoms with Crippen molar-refractivity contribution in [2.75, 3.05) is 20.5 Å². The molecule has 1 aliphatic rings. The summed E-state index contributed by atoms with van der Waals surface area (Å²) in [5.74, 6) is 0.643. The lowest BCUT2D eigenvalue weighted by Crippen LogP contribution is -2.41. The third-order valence-electron chi connectivity index (χ3n) is 5.57. The number of carbonyl (C=O) groups excluding carboxylic acids is 2. The molecule has 0 unspecified atom stereocenters. The fraction of sp³-hybridized carbons (Fsp3) is 0.364. The Labute approximate surface area is 182 Å². The van der Waals surface area contributed by atoms with Gasteiger partial charge in [0.15, 0.2) is 21.3 Å². The molecule has 8 nitrogen and oxygen atoms in total. The molecule has 1 aliphatic heterocycles. The van der Waals surface area contributed by atoms with Crippen LogP contribution in [-0.2, 0) is 20.2 Å². The van der Waals surface area contributed by atoms with E-state index in [9.17, 15) is 18.0 Å². The Hall–Kier alpha value is -3.07. The Balaban J connectivity index is 1.98. The van der Waals surface area contributed by atoms with Gasteiger partial charge in [-0.1, -0.05) is 25.1 Å². The van der Waals surface area contributed by atoms with Crippen molar-refractivity contribution in [3.8, 4) is 11.5 Å². The zero-order valence-electron chi connectivity index (χ0n) is 18.1. The summed E-state index contributed by atoms with van der Waals surface area (Å²) in [5.41, 5.74) is -0.0693. The van der Waals surface area contributed by atoms with Crippen LogP contribution in [0.25, 0.3) is 0 Å². The van der Waals surface area contributed by atoms with Gasteiger partial charge in [-0.3, -0.25) is 9.69 Å². The number of nitrogens with zero attached hydrogens (tertiary/aromatic N) is 1. The number of amides is 3. The number of sulfone groups is 1. The lowest BCUT2D eigenvalue weighted by atomic mass is 9.91. The molecule has 0 radical (unpaired) electrons. The molecule has 1 N–H and O–H groups in total. The SMILES string of the molecule is CC[C@@H](c1ccc(OC)c(OC)c1)N1C(=O)N[C@](C)(c2ccc(S(C)(=O)=O)cc2)C1=O. The number of hydrogen-bond donors (Lipinski definition) is 1. The number of benzene rings is 2. The van der Waals surface area contributed by atoms with Crippen LogP contribution < -0.4 is 14.8 Å². The molecule has 0 bridgehead atoms. The summed E-state index contributed by atoms with van der Waals surface area (Å²) in [6, 6.07) is 10.2. The van der Waals surface area contributed by atoms with E-state index < -0.39 is 33.4 Å². The van der Waals surface area contributed by atoms with Crippen molar-refractivity contribution in [2.45, 2.75) is 36.7 Å². The second kappa shape index (κ2) is 8.22. The molecule has 3 amide bonds. The maximum Gasteiger partial charge on any atom is 0.325 e. The van der Waals surface area contributed by atoms with Gasteiger partial charge in [0.2, 0.25) is 0 Å². The lowest BCUT2D eigenvalue weighted by Gasteiger charge is -2.27. The van der Waals surface area contributed by atoms with Crippen molar-refractivity contribution in [3.05, 3.63) is 53.6 Å². The summed E-state index contributed by atoms with van der Waals surface area (Å²) in [5, 5.41) is 2.77. The van der Waals surface area contributed by atoms with Crippen molar-refractivity contribution in [2.24, 2.45) is 0 Å². The Morgan fingerprint density at radius 2 is 1.65 bits per heavy atom. The number of methoxy groups -OCH3 is 2. The molecule has 0 aliphatic carbocycles. The number of carbonyl (C=O) groups is 2. The molecule has 1 fully saturated rings. The van der Waals surface area contributed by atoms with Gasteiger partial charge in [0.25, 0.3) is 5.91 Å². The molecule has 2 atom stereocenters. The number of nitrogens with one attached hydrogen (secondary N) is 1. The van der Waals surface area contributed by atoms with E-state index >= 15 is 0 Å². The topological polar surface area (TPSA) is 102 Å². The molecule has 31 heavy (non-hydrogen) atoms. The Morgan fingerprint density at radius 1 is 1.03 bits per heavy atom. The van der Waals surface area contributed by atoms with Gasteiger partial charge in [0, 0.05) is 6.26 Å². The fourth-order valence-corrected chi connectivity index (χ4v) is 4.43. The molecule has 1 heterocycles. The van der Waals surface area contributed by atoms with E-state index in [1.54, 1.807) is 37.3 Å². The molecule has 0 saturated carbocycles. The minimum Gasteiger partial charge on any atom is -0.493 e. The highest BCUT2D eigenvalue weighted by atomic mass is 32.2. The predicted molar refractivity (Wildman–Crippen MR) is 115 cm³/mol. The van der Waals surface area contributed by atoms with Gasteiger partial charge in [0.05, 0.1) is 25.2 Å². The number of rotatable bonds is 7. The maximum atomic E-state index is 13.4. The first-order valence-corrected chi connectivity index (χ1v) is 11.6. The van der Waals surface area contributed by atoms with E-state index in [0.717, 1.165) is 11.8 Å². The van der Waals surface area contributed by atoms with Crippen molar-refractivity contribution in [1.82, 2.24) is 10.2 Å². The molecule has 1 saturated heterocycles. The van der Waals surface area contributed by atoms with E-state index in [-0.39, 0.29) is 4.90 Å². The van der Waals surface area contributed by atoms with Gasteiger partial charge >= 0.3 is 6.03 Å². The van der Waals surface area contributed by atoms with Gasteiger partial charge in [0.1, 0.15) is 5.54 Å². The summed E-state index contributed by atoms with van der Waals surface area (Å²) in [4.78, 5) is 27.7. The minimum absolute atomic E-state index is 0.144. The Morgan fingerprint density at radius 3 is 2.16 bits per heavy atom. The highest BCUT2D eigenvalue weighted by Gasteiger charge is 2.51. The average Bonchev–Trinajstić information content (AvgIpc) is 2.98. The highest BCUT2D eigenvalue weighted by Crippen LogP contribution is 2.38. The number of imide groups is 1. The second-order valence-corrected chi connectivity index (χ2v) is 9.58. The second-order valence-electron chi connectivity index (χ2n) is 7.57. The Bertz CT molecular complexity index is 1110. The molecule has 0 spiro atoms. The van der Waals surface area contributed by atoms with Crippen molar-refractivity contribution in [3.63, 3.8) is 0 Å². The third kappa shape index (κ3) is 3.97. The van der Waals surface area contributed by atoms with Crippen LogP contribution in [-0.4, -0.2) is 45.7 Å². The van der Waals surface area contributed by atoms with E-state index in [1.165, 1.54) is 31.3 Å². The van der Waals surface area contributed by atoms with E-state index in [2.05, 4.69) is 5.32 Å². The molecular weight excluding hydrogens is 420 g/mol. The maximum absolute atomic E-state index is 13.4. The number of hydrogen-bond acceptors (Lipinski definition) is 6. The fourth-order valence-electron chi connectivity index (χ4n) is 3.80. The van der Waals surface area contributed by atoms with Crippen LogP contribution in [0.5, 0.6) is 11.5 Å². The number of urea groups is 1. The van der Waals surface area contributed by atoms with Crippen LogP contribution in [0.1, 0.15) is 37.4 Å². The monoisotopic (exact) mass is 446 g/mol. The summed E-state index contributed by atoms with van der Waals surface area (Å²) in [6.07, 6.45) is 1.61. The molecule has 9 heteroatoms. The van der Waals surface area contributed by atoms with Crippen molar-refractivity contribution >= 4 is 21.8 Å². The summed E-state index contributed by atoms with van der Waals surface area (Å²) in [6.45, 7) is 3.50. The van der Waals surface area contributed by atoms with Crippen LogP contribution in [0, 0.1) is 0 Å². The van der Waals surface area contributed by atoms with Gasteiger partial charge in [-0.2, -0.15) is 0 Å². The predicted octanol–water partition coefficient (Wildman–Crippen LogP) is 3.03. The zero-order chi connectivity index (χ0) is 23.0. The van der Waals surface area contributed by atoms with E-state index in [1.807, 2.05) is 6.92 Å². The molecule has 3 rings (SSSR count). The largest absolute Gasteiger partial charge is 0.493 e. The van der Waals surface area contributed by atoms with Crippen LogP contribution in [0.4, 0.5) is 4.79 Å².